The lowest BCUT2D eigenvalue weighted by molar-refractivity contribution is -0.149. The fourth-order valence-corrected chi connectivity index (χ4v) is 3.22. The van der Waals surface area contributed by atoms with E-state index in [2.05, 4.69) is 6.92 Å². The van der Waals surface area contributed by atoms with Crippen molar-refractivity contribution in [3.63, 3.8) is 0 Å². The zero-order chi connectivity index (χ0) is 10.8. The summed E-state index contributed by atoms with van der Waals surface area (Å²) in [7, 11) is 0. The Labute approximate surface area is 95.7 Å². The molecule has 0 N–H and O–H groups in total. The summed E-state index contributed by atoms with van der Waals surface area (Å²) in [5, 5.41) is 0. The van der Waals surface area contributed by atoms with Crippen molar-refractivity contribution < 1.29 is 17.2 Å². The maximum atomic E-state index is 11.7. The lowest BCUT2D eigenvalue weighted by atomic mass is 9.71. The summed E-state index contributed by atoms with van der Waals surface area (Å²) in [5.74, 6) is -0.634. The Morgan fingerprint density at radius 3 is 2.73 bits per heavy atom. The van der Waals surface area contributed by atoms with Gasteiger partial charge in [-0.2, -0.15) is 0 Å². The molecule has 0 aromatic rings. The average molecular weight is 225 g/mol. The van der Waals surface area contributed by atoms with E-state index < -0.39 is 15.9 Å². The predicted octanol–water partition coefficient (Wildman–Crippen LogP) is 1.06. The third-order valence-electron chi connectivity index (χ3n) is 3.46. The summed E-state index contributed by atoms with van der Waals surface area (Å²) >= 11 is -0.926. The van der Waals surface area contributed by atoms with Crippen molar-refractivity contribution in [1.82, 2.24) is 0 Å². The van der Waals surface area contributed by atoms with Crippen molar-refractivity contribution in [3.05, 3.63) is 0 Å². The molecular formula is C10H14AlO4. The van der Waals surface area contributed by atoms with Gasteiger partial charge in [-0.15, -0.1) is 0 Å². The highest BCUT2D eigenvalue weighted by Crippen LogP contribution is 2.39. The van der Waals surface area contributed by atoms with Crippen LogP contribution in [0.25, 0.3) is 0 Å². The number of hydrogen-bond acceptors (Lipinski definition) is 4. The molecule has 5 heteroatoms. The standard InChI is InChI=1S/C10H16O4.Al/c1-2-6-4-3-5-7(9(11)12)8(6)10(13)14;/h6-8H,2-5H2,1H3,(H,11,12)(H,13,14);/q;+2/p-2. The Bertz CT molecular complexity index is 279. The van der Waals surface area contributed by atoms with E-state index in [1.165, 1.54) is 0 Å². The summed E-state index contributed by atoms with van der Waals surface area (Å²) in [6, 6.07) is 0. The van der Waals surface area contributed by atoms with E-state index >= 15 is 0 Å². The summed E-state index contributed by atoms with van der Waals surface area (Å²) in [6.07, 6.45) is 3.74. The van der Waals surface area contributed by atoms with Crippen molar-refractivity contribution in [2.45, 2.75) is 32.6 Å². The first-order valence-electron chi connectivity index (χ1n) is 5.46. The predicted molar refractivity (Wildman–Crippen MR) is 52.6 cm³/mol. The molecule has 15 heavy (non-hydrogen) atoms. The van der Waals surface area contributed by atoms with Crippen LogP contribution in [0.4, 0.5) is 0 Å². The molecule has 4 nitrogen and oxygen atoms in total. The molecule has 1 saturated carbocycles. The van der Waals surface area contributed by atoms with Crippen LogP contribution < -0.4 is 0 Å². The van der Waals surface area contributed by atoms with Crippen molar-refractivity contribution in [2.75, 3.05) is 0 Å². The van der Waals surface area contributed by atoms with Crippen molar-refractivity contribution in [3.8, 4) is 0 Å². The van der Waals surface area contributed by atoms with Gasteiger partial charge < -0.3 is 7.58 Å². The molecule has 1 aliphatic heterocycles. The van der Waals surface area contributed by atoms with Gasteiger partial charge in [-0.05, 0) is 18.8 Å². The van der Waals surface area contributed by atoms with Crippen LogP contribution in [0.3, 0.4) is 0 Å². The molecule has 2 fully saturated rings. The minimum atomic E-state index is -0.926. The van der Waals surface area contributed by atoms with E-state index in [-0.39, 0.29) is 23.8 Å². The van der Waals surface area contributed by atoms with Gasteiger partial charge in [-0.3, -0.25) is 9.59 Å². The van der Waals surface area contributed by atoms with Crippen LogP contribution >= 0.6 is 0 Å². The molecule has 1 heterocycles. The second-order valence-electron chi connectivity index (χ2n) is 4.20. The van der Waals surface area contributed by atoms with Gasteiger partial charge in [-0.25, -0.2) is 0 Å². The van der Waals surface area contributed by atoms with Crippen molar-refractivity contribution >= 4 is 27.8 Å². The number of rotatable bonds is 1. The molecule has 1 radical (unpaired) electrons. The topological polar surface area (TPSA) is 52.6 Å². The van der Waals surface area contributed by atoms with Gasteiger partial charge in [0.05, 0.1) is 11.8 Å². The smallest absolute Gasteiger partial charge is 0.589 e. The fraction of sp³-hybridized carbons (Fsp3) is 0.800. The monoisotopic (exact) mass is 225 g/mol. The molecule has 3 unspecified atom stereocenters. The van der Waals surface area contributed by atoms with Crippen LogP contribution in [0.2, 0.25) is 0 Å². The SMILES string of the molecule is CCC1CCCC2C(=O)[O][Al][O]C(=O)C12. The maximum absolute atomic E-state index is 11.7. The molecule has 0 aromatic carbocycles. The molecule has 0 amide bonds. The first-order valence-corrected chi connectivity index (χ1v) is 6.41. The van der Waals surface area contributed by atoms with Gasteiger partial charge in [0.15, 0.2) is 0 Å². The number of carbonyl (C=O) groups is 2. The summed E-state index contributed by atoms with van der Waals surface area (Å²) in [6.45, 7) is 2.06. The summed E-state index contributed by atoms with van der Waals surface area (Å²) < 4.78 is 9.91. The molecule has 81 valence electrons. The minimum absolute atomic E-state index is 0.215. The molecule has 1 saturated heterocycles. The third kappa shape index (κ3) is 2.04. The Balaban J connectivity index is 2.24. The zero-order valence-electron chi connectivity index (χ0n) is 8.77. The normalized spacial score (nSPS) is 35.7. The van der Waals surface area contributed by atoms with E-state index in [1.54, 1.807) is 0 Å². The Kier molecular flexibility index (Phi) is 3.33. The zero-order valence-corrected chi connectivity index (χ0v) is 9.93. The fourth-order valence-electron chi connectivity index (χ4n) is 2.65. The molecule has 3 atom stereocenters. The summed E-state index contributed by atoms with van der Waals surface area (Å²) in [5.41, 5.74) is 0. The van der Waals surface area contributed by atoms with E-state index in [0.29, 0.717) is 5.92 Å². The summed E-state index contributed by atoms with van der Waals surface area (Å²) in [4.78, 5) is 23.4. The molecule has 1 aliphatic carbocycles. The first kappa shape index (κ1) is 11.0. The van der Waals surface area contributed by atoms with Crippen LogP contribution in [0, 0.1) is 17.8 Å². The lowest BCUT2D eigenvalue weighted by Crippen LogP contribution is -2.37. The van der Waals surface area contributed by atoms with Gasteiger partial charge in [0, 0.05) is 0 Å². The maximum Gasteiger partial charge on any atom is 0.885 e. The highest BCUT2D eigenvalue weighted by Gasteiger charge is 2.45. The van der Waals surface area contributed by atoms with Crippen LogP contribution in [-0.4, -0.2) is 27.8 Å². The Morgan fingerprint density at radius 1 is 1.27 bits per heavy atom. The first-order chi connectivity index (χ1) is 7.24. The van der Waals surface area contributed by atoms with Crippen molar-refractivity contribution in [2.24, 2.45) is 17.8 Å². The van der Waals surface area contributed by atoms with Crippen molar-refractivity contribution in [1.29, 1.82) is 0 Å². The van der Waals surface area contributed by atoms with Gasteiger partial charge in [0.2, 0.25) is 0 Å². The minimum Gasteiger partial charge on any atom is -0.589 e. The second kappa shape index (κ2) is 4.55. The van der Waals surface area contributed by atoms with Crippen LogP contribution in [0.1, 0.15) is 32.6 Å². The van der Waals surface area contributed by atoms with E-state index in [4.69, 9.17) is 7.58 Å². The van der Waals surface area contributed by atoms with Crippen LogP contribution in [0.5, 0.6) is 0 Å². The average Bonchev–Trinajstić information content (AvgIpc) is 2.40. The lowest BCUT2D eigenvalue weighted by Gasteiger charge is -2.33. The number of fused-ring (bicyclic) bond motifs is 1. The quantitative estimate of drug-likeness (QED) is 0.626. The number of hydrogen-bond donors (Lipinski definition) is 0. The number of carbonyl (C=O) groups excluding carboxylic acids is 2. The van der Waals surface area contributed by atoms with Gasteiger partial charge in [-0.1, -0.05) is 19.8 Å². The Morgan fingerprint density at radius 2 is 2.00 bits per heavy atom. The van der Waals surface area contributed by atoms with E-state index in [1.807, 2.05) is 0 Å². The second-order valence-corrected chi connectivity index (χ2v) is 4.87. The molecule has 0 aromatic heterocycles. The third-order valence-corrected chi connectivity index (χ3v) is 4.12. The Hall–Kier alpha value is -0.528. The molecule has 2 rings (SSSR count). The molecule has 0 spiro atoms. The largest absolute Gasteiger partial charge is 0.885 e. The molecule has 0 bridgehead atoms. The molecule has 2 aliphatic rings. The van der Waals surface area contributed by atoms with Crippen LogP contribution in [-0.2, 0) is 17.2 Å². The van der Waals surface area contributed by atoms with E-state index in [0.717, 1.165) is 25.7 Å². The highest BCUT2D eigenvalue weighted by atomic mass is 27.2. The van der Waals surface area contributed by atoms with Gasteiger partial charge in [0.1, 0.15) is 0 Å². The van der Waals surface area contributed by atoms with E-state index in [9.17, 15) is 9.59 Å². The highest BCUT2D eigenvalue weighted by molar-refractivity contribution is 6.27. The van der Waals surface area contributed by atoms with Gasteiger partial charge >= 0.3 is 15.9 Å². The van der Waals surface area contributed by atoms with Crippen LogP contribution in [0.15, 0.2) is 0 Å². The van der Waals surface area contributed by atoms with Gasteiger partial charge in [0.25, 0.3) is 11.9 Å². The molecular weight excluding hydrogens is 211 g/mol.